The zero-order valence-corrected chi connectivity index (χ0v) is 13.1. The molecular weight excluding hydrogens is 264 g/mol. The summed E-state index contributed by atoms with van der Waals surface area (Å²) in [5, 5.41) is 4.73. The molecule has 1 aromatic carbocycles. The number of nitrogens with zero attached hydrogens (tertiary/aromatic N) is 1. The first-order valence-corrected chi connectivity index (χ1v) is 7.71. The van der Waals surface area contributed by atoms with Gasteiger partial charge in [0.1, 0.15) is 0 Å². The Kier molecular flexibility index (Phi) is 6.73. The van der Waals surface area contributed by atoms with Crippen LogP contribution in [-0.4, -0.2) is 38.0 Å². The van der Waals surface area contributed by atoms with Crippen LogP contribution in [0.2, 0.25) is 0 Å². The number of benzene rings is 1. The second-order valence-corrected chi connectivity index (χ2v) is 5.15. The highest BCUT2D eigenvalue weighted by atomic mass is 16.5. The molecule has 0 radical (unpaired) electrons. The SMILES string of the molecule is CCCOCCn1cc(CNCCOC)c2ccccc21. The minimum atomic E-state index is 0.740. The lowest BCUT2D eigenvalue weighted by atomic mass is 10.2. The quantitative estimate of drug-likeness (QED) is 0.683. The number of nitrogens with one attached hydrogen (secondary N) is 1. The van der Waals surface area contributed by atoms with Crippen LogP contribution >= 0.6 is 0 Å². The van der Waals surface area contributed by atoms with E-state index in [1.165, 1.54) is 16.5 Å². The molecule has 0 fully saturated rings. The first-order valence-electron chi connectivity index (χ1n) is 7.71. The maximum absolute atomic E-state index is 5.61. The second-order valence-electron chi connectivity index (χ2n) is 5.15. The minimum Gasteiger partial charge on any atom is -0.383 e. The Morgan fingerprint density at radius 2 is 2.00 bits per heavy atom. The summed E-state index contributed by atoms with van der Waals surface area (Å²) in [5.41, 5.74) is 2.61. The number of hydrogen-bond acceptors (Lipinski definition) is 3. The molecule has 0 bridgehead atoms. The van der Waals surface area contributed by atoms with Crippen LogP contribution in [0, 0.1) is 0 Å². The summed E-state index contributed by atoms with van der Waals surface area (Å²) in [4.78, 5) is 0. The van der Waals surface area contributed by atoms with E-state index in [1.54, 1.807) is 7.11 Å². The Hall–Kier alpha value is -1.36. The fraction of sp³-hybridized carbons (Fsp3) is 0.529. The van der Waals surface area contributed by atoms with Gasteiger partial charge in [0.05, 0.1) is 13.2 Å². The van der Waals surface area contributed by atoms with Crippen molar-refractivity contribution in [2.75, 3.05) is 33.5 Å². The molecule has 0 saturated heterocycles. The van der Waals surface area contributed by atoms with Gasteiger partial charge in [-0.2, -0.15) is 0 Å². The fourth-order valence-corrected chi connectivity index (χ4v) is 2.46. The minimum absolute atomic E-state index is 0.740. The van der Waals surface area contributed by atoms with Crippen molar-refractivity contribution in [3.8, 4) is 0 Å². The van der Waals surface area contributed by atoms with E-state index in [1.807, 2.05) is 0 Å². The molecule has 1 heterocycles. The average molecular weight is 290 g/mol. The zero-order valence-electron chi connectivity index (χ0n) is 13.1. The first kappa shape index (κ1) is 16.0. The molecule has 0 unspecified atom stereocenters. The zero-order chi connectivity index (χ0) is 14.9. The average Bonchev–Trinajstić information content (AvgIpc) is 2.87. The molecule has 4 nitrogen and oxygen atoms in total. The number of fused-ring (bicyclic) bond motifs is 1. The maximum atomic E-state index is 5.61. The van der Waals surface area contributed by atoms with Gasteiger partial charge in [-0.25, -0.2) is 0 Å². The van der Waals surface area contributed by atoms with Crippen molar-refractivity contribution in [2.24, 2.45) is 0 Å². The molecule has 21 heavy (non-hydrogen) atoms. The van der Waals surface area contributed by atoms with Gasteiger partial charge in [0, 0.05) is 50.5 Å². The number of para-hydroxylation sites is 1. The molecule has 0 aliphatic heterocycles. The van der Waals surface area contributed by atoms with Crippen molar-refractivity contribution in [1.82, 2.24) is 9.88 Å². The van der Waals surface area contributed by atoms with Crippen molar-refractivity contribution < 1.29 is 9.47 Å². The Labute approximate surface area is 127 Å². The molecule has 2 rings (SSSR count). The van der Waals surface area contributed by atoms with E-state index in [0.717, 1.165) is 45.9 Å². The number of aromatic nitrogens is 1. The molecule has 0 saturated carbocycles. The Morgan fingerprint density at radius 1 is 1.14 bits per heavy atom. The van der Waals surface area contributed by atoms with Crippen LogP contribution < -0.4 is 5.32 Å². The lowest BCUT2D eigenvalue weighted by molar-refractivity contribution is 0.127. The monoisotopic (exact) mass is 290 g/mol. The molecule has 0 atom stereocenters. The van der Waals surface area contributed by atoms with Gasteiger partial charge in [0.25, 0.3) is 0 Å². The van der Waals surface area contributed by atoms with E-state index >= 15 is 0 Å². The molecule has 1 N–H and O–H groups in total. The van der Waals surface area contributed by atoms with E-state index in [2.05, 4.69) is 47.3 Å². The van der Waals surface area contributed by atoms with E-state index in [0.29, 0.717) is 0 Å². The first-order chi connectivity index (χ1) is 10.4. The molecule has 0 amide bonds. The molecular formula is C17H26N2O2. The Bertz CT molecular complexity index is 491. The van der Waals surface area contributed by atoms with Crippen LogP contribution in [0.5, 0.6) is 0 Å². The van der Waals surface area contributed by atoms with Gasteiger partial charge in [0.15, 0.2) is 0 Å². The lowest BCUT2D eigenvalue weighted by Crippen LogP contribution is -2.18. The molecule has 0 aliphatic carbocycles. The number of rotatable bonds is 10. The summed E-state index contributed by atoms with van der Waals surface area (Å²) in [5.74, 6) is 0. The standard InChI is InChI=1S/C17H26N2O2/c1-3-10-21-12-9-19-14-15(13-18-8-11-20-2)16-6-4-5-7-17(16)19/h4-7,14,18H,3,8-13H2,1-2H3. The third-order valence-electron chi connectivity index (χ3n) is 3.49. The second kappa shape index (κ2) is 8.82. The maximum Gasteiger partial charge on any atom is 0.0645 e. The number of ether oxygens (including phenoxy) is 2. The lowest BCUT2D eigenvalue weighted by Gasteiger charge is -2.05. The number of methoxy groups -OCH3 is 1. The Balaban J connectivity index is 2.03. The van der Waals surface area contributed by atoms with Gasteiger partial charge >= 0.3 is 0 Å². The van der Waals surface area contributed by atoms with Gasteiger partial charge in [-0.3, -0.25) is 0 Å². The fourth-order valence-electron chi connectivity index (χ4n) is 2.46. The summed E-state index contributed by atoms with van der Waals surface area (Å²) in [6.07, 6.45) is 3.31. The van der Waals surface area contributed by atoms with Crippen molar-refractivity contribution in [2.45, 2.75) is 26.4 Å². The van der Waals surface area contributed by atoms with Crippen LogP contribution in [0.1, 0.15) is 18.9 Å². The van der Waals surface area contributed by atoms with E-state index < -0.39 is 0 Å². The topological polar surface area (TPSA) is 35.4 Å². The normalized spacial score (nSPS) is 11.3. The van der Waals surface area contributed by atoms with Gasteiger partial charge < -0.3 is 19.4 Å². The molecule has 1 aromatic heterocycles. The highest BCUT2D eigenvalue weighted by Crippen LogP contribution is 2.21. The van der Waals surface area contributed by atoms with Crippen LogP contribution in [-0.2, 0) is 22.6 Å². The third kappa shape index (κ3) is 4.56. The van der Waals surface area contributed by atoms with Gasteiger partial charge in [-0.1, -0.05) is 25.1 Å². The largest absolute Gasteiger partial charge is 0.383 e. The van der Waals surface area contributed by atoms with Crippen molar-refractivity contribution in [1.29, 1.82) is 0 Å². The van der Waals surface area contributed by atoms with Crippen molar-refractivity contribution in [3.05, 3.63) is 36.0 Å². The third-order valence-corrected chi connectivity index (χ3v) is 3.49. The van der Waals surface area contributed by atoms with Crippen LogP contribution in [0.3, 0.4) is 0 Å². The van der Waals surface area contributed by atoms with Gasteiger partial charge in [-0.15, -0.1) is 0 Å². The van der Waals surface area contributed by atoms with Crippen LogP contribution in [0.25, 0.3) is 10.9 Å². The summed E-state index contributed by atoms with van der Waals surface area (Å²) in [7, 11) is 1.73. The summed E-state index contributed by atoms with van der Waals surface area (Å²) >= 11 is 0. The van der Waals surface area contributed by atoms with Crippen molar-refractivity contribution >= 4 is 10.9 Å². The summed E-state index contributed by atoms with van der Waals surface area (Å²) < 4.78 is 13.0. The highest BCUT2D eigenvalue weighted by molar-refractivity contribution is 5.83. The van der Waals surface area contributed by atoms with Gasteiger partial charge in [-0.05, 0) is 18.1 Å². The van der Waals surface area contributed by atoms with Crippen LogP contribution in [0.15, 0.2) is 30.5 Å². The molecule has 0 aliphatic rings. The van der Waals surface area contributed by atoms with Gasteiger partial charge in [0.2, 0.25) is 0 Å². The predicted octanol–water partition coefficient (Wildman–Crippen LogP) is 2.80. The molecule has 4 heteroatoms. The Morgan fingerprint density at radius 3 is 2.81 bits per heavy atom. The molecule has 2 aromatic rings. The van der Waals surface area contributed by atoms with Crippen LogP contribution in [0.4, 0.5) is 0 Å². The molecule has 0 spiro atoms. The summed E-state index contributed by atoms with van der Waals surface area (Å²) in [6, 6.07) is 8.55. The predicted molar refractivity (Wildman–Crippen MR) is 86.6 cm³/mol. The smallest absolute Gasteiger partial charge is 0.0645 e. The van der Waals surface area contributed by atoms with E-state index in [4.69, 9.17) is 9.47 Å². The highest BCUT2D eigenvalue weighted by Gasteiger charge is 2.07. The van der Waals surface area contributed by atoms with Crippen molar-refractivity contribution in [3.63, 3.8) is 0 Å². The van der Waals surface area contributed by atoms with E-state index in [9.17, 15) is 0 Å². The summed E-state index contributed by atoms with van der Waals surface area (Å²) in [6.45, 7) is 7.12. The molecule has 116 valence electrons. The van der Waals surface area contributed by atoms with E-state index in [-0.39, 0.29) is 0 Å². The number of hydrogen-bond donors (Lipinski definition) is 1.